The molecule has 2 unspecified atom stereocenters. The minimum atomic E-state index is -4.34. The fraction of sp³-hybridized carbons (Fsp3) is 0.861. The van der Waals surface area contributed by atoms with Crippen molar-refractivity contribution >= 4 is 16.0 Å². The number of hydrogen-bond acceptors (Lipinski definition) is 4. The highest BCUT2D eigenvalue weighted by molar-refractivity contribution is 7.85. The van der Waals surface area contributed by atoms with Crippen LogP contribution in [-0.4, -0.2) is 41.9 Å². The van der Waals surface area contributed by atoms with Crippen LogP contribution < -0.4 is 5.32 Å². The van der Waals surface area contributed by atoms with E-state index >= 15 is 0 Å². The van der Waals surface area contributed by atoms with E-state index in [0.29, 0.717) is 0 Å². The molecule has 0 aromatic rings. The monoisotopic (exact) mass is 627 g/mol. The second kappa shape index (κ2) is 30.8. The minimum absolute atomic E-state index is 0.287. The molecule has 43 heavy (non-hydrogen) atoms. The zero-order valence-electron chi connectivity index (χ0n) is 28.1. The summed E-state index contributed by atoms with van der Waals surface area (Å²) in [4.78, 5) is 12.4. The van der Waals surface area contributed by atoms with E-state index < -0.39 is 28.0 Å². The Kier molecular flexibility index (Phi) is 30.0. The lowest BCUT2D eigenvalue weighted by molar-refractivity contribution is -0.122. The molecule has 0 aromatic carbocycles. The molecule has 3 N–H and O–H groups in total. The fourth-order valence-corrected chi connectivity index (χ4v) is 6.12. The van der Waals surface area contributed by atoms with Crippen LogP contribution in [0.1, 0.15) is 181 Å². The van der Waals surface area contributed by atoms with E-state index in [1.165, 1.54) is 103 Å². The van der Waals surface area contributed by atoms with Crippen LogP contribution in [0.15, 0.2) is 24.3 Å². The number of carbonyl (C=O) groups is 1. The average Bonchev–Trinajstić information content (AvgIpc) is 2.96. The van der Waals surface area contributed by atoms with Crippen molar-refractivity contribution in [1.29, 1.82) is 0 Å². The lowest BCUT2D eigenvalue weighted by atomic mass is 10.0. The first kappa shape index (κ1) is 41.8. The number of aliphatic hydroxyl groups is 1. The van der Waals surface area contributed by atoms with Crippen molar-refractivity contribution in [2.45, 2.75) is 193 Å². The van der Waals surface area contributed by atoms with E-state index in [2.05, 4.69) is 31.3 Å². The van der Waals surface area contributed by atoms with Gasteiger partial charge in [-0.3, -0.25) is 9.35 Å². The smallest absolute Gasteiger partial charge is 0.267 e. The van der Waals surface area contributed by atoms with Crippen molar-refractivity contribution in [1.82, 2.24) is 5.32 Å². The van der Waals surface area contributed by atoms with Gasteiger partial charge in [0, 0.05) is 6.42 Å². The van der Waals surface area contributed by atoms with E-state index in [-0.39, 0.29) is 12.3 Å². The average molecular weight is 628 g/mol. The van der Waals surface area contributed by atoms with Gasteiger partial charge in [-0.2, -0.15) is 8.42 Å². The first-order valence-corrected chi connectivity index (χ1v) is 19.6. The second-order valence-electron chi connectivity index (χ2n) is 12.5. The van der Waals surface area contributed by atoms with E-state index in [1.807, 2.05) is 6.08 Å². The number of carbonyl (C=O) groups excluding carboxylic acids is 1. The third-order valence-corrected chi connectivity index (χ3v) is 8.90. The molecule has 0 fully saturated rings. The molecule has 1 amide bonds. The van der Waals surface area contributed by atoms with Crippen molar-refractivity contribution in [2.75, 3.05) is 5.75 Å². The van der Waals surface area contributed by atoms with Gasteiger partial charge in [-0.15, -0.1) is 0 Å². The van der Waals surface area contributed by atoms with Gasteiger partial charge in [0.25, 0.3) is 10.1 Å². The molecule has 7 heteroatoms. The Labute approximate surface area is 266 Å². The number of aliphatic hydroxyl groups excluding tert-OH is 1. The lowest BCUT2D eigenvalue weighted by Gasteiger charge is -2.21. The van der Waals surface area contributed by atoms with Gasteiger partial charge >= 0.3 is 0 Å². The molecule has 0 aliphatic heterocycles. The summed E-state index contributed by atoms with van der Waals surface area (Å²) in [7, 11) is -4.34. The highest BCUT2D eigenvalue weighted by Crippen LogP contribution is 2.14. The molecule has 0 aliphatic carbocycles. The van der Waals surface area contributed by atoms with Crippen molar-refractivity contribution in [3.63, 3.8) is 0 Å². The summed E-state index contributed by atoms with van der Waals surface area (Å²) in [6.07, 6.45) is 37.2. The van der Waals surface area contributed by atoms with E-state index in [0.717, 1.165) is 57.8 Å². The number of rotatable bonds is 32. The Balaban J connectivity index is 4.01. The summed E-state index contributed by atoms with van der Waals surface area (Å²) in [6, 6.07) is -1.06. The van der Waals surface area contributed by atoms with Crippen LogP contribution in [-0.2, 0) is 14.9 Å². The maximum absolute atomic E-state index is 12.4. The Hall–Kier alpha value is -1.18. The summed E-state index contributed by atoms with van der Waals surface area (Å²) < 4.78 is 32.3. The van der Waals surface area contributed by atoms with Gasteiger partial charge in [-0.1, -0.05) is 154 Å². The molecule has 0 heterocycles. The first-order chi connectivity index (χ1) is 20.8. The van der Waals surface area contributed by atoms with Crippen LogP contribution in [0.25, 0.3) is 0 Å². The van der Waals surface area contributed by atoms with E-state index in [9.17, 15) is 22.9 Å². The van der Waals surface area contributed by atoms with Gasteiger partial charge < -0.3 is 10.4 Å². The molecule has 0 radical (unpaired) electrons. The zero-order chi connectivity index (χ0) is 31.9. The molecule has 0 bridgehead atoms. The van der Waals surface area contributed by atoms with Gasteiger partial charge in [-0.25, -0.2) is 0 Å². The lowest BCUT2D eigenvalue weighted by Crippen LogP contribution is -2.46. The fourth-order valence-electron chi connectivity index (χ4n) is 5.38. The standard InChI is InChI=1S/C36H69NO5S/c1-3-5-7-9-11-13-15-17-18-20-21-23-25-27-29-31-35(38)34(33-43(40,41)42)37-36(39)32-30-28-26-24-22-19-16-14-12-10-8-6-4-2/h14,16,29,31,34-35,38H,3-13,15,17-28,30,32-33H2,1-2H3,(H,37,39)(H,40,41,42)/b16-14-,31-29+. The summed E-state index contributed by atoms with van der Waals surface area (Å²) in [5.41, 5.74) is 0. The van der Waals surface area contributed by atoms with Crippen LogP contribution in [0.5, 0.6) is 0 Å². The number of allylic oxidation sites excluding steroid dienone is 3. The topological polar surface area (TPSA) is 104 Å². The van der Waals surface area contributed by atoms with Gasteiger partial charge in [-0.05, 0) is 44.9 Å². The molecular formula is C36H69NO5S. The molecule has 0 aromatic heterocycles. The van der Waals surface area contributed by atoms with Crippen LogP contribution in [0.4, 0.5) is 0 Å². The third kappa shape index (κ3) is 32.0. The first-order valence-electron chi connectivity index (χ1n) is 18.0. The second-order valence-corrected chi connectivity index (χ2v) is 14.0. The molecule has 0 saturated heterocycles. The number of hydrogen-bond donors (Lipinski definition) is 3. The van der Waals surface area contributed by atoms with Gasteiger partial charge in [0.1, 0.15) is 0 Å². The highest BCUT2D eigenvalue weighted by atomic mass is 32.2. The normalized spacial score (nSPS) is 13.7. The number of nitrogens with one attached hydrogen (secondary N) is 1. The van der Waals surface area contributed by atoms with Crippen molar-refractivity contribution in [3.8, 4) is 0 Å². The maximum atomic E-state index is 12.4. The molecule has 6 nitrogen and oxygen atoms in total. The molecule has 0 rings (SSSR count). The van der Waals surface area contributed by atoms with Crippen LogP contribution in [0.2, 0.25) is 0 Å². The number of amides is 1. The van der Waals surface area contributed by atoms with Gasteiger partial charge in [0.15, 0.2) is 0 Å². The predicted octanol–water partition coefficient (Wildman–Crippen LogP) is 10.0. The third-order valence-electron chi connectivity index (χ3n) is 8.12. The predicted molar refractivity (Wildman–Crippen MR) is 184 cm³/mol. The van der Waals surface area contributed by atoms with E-state index in [1.54, 1.807) is 6.08 Å². The Morgan fingerprint density at radius 1 is 0.605 bits per heavy atom. The SMILES string of the molecule is CCCCCC/C=C\CCCCCCCC(=O)NC(CS(=O)(=O)O)C(O)/C=C/CCCCCCCCCCCCCCC. The maximum Gasteiger partial charge on any atom is 0.267 e. The van der Waals surface area contributed by atoms with Gasteiger partial charge in [0.2, 0.25) is 5.91 Å². The quantitative estimate of drug-likeness (QED) is 0.0391. The molecule has 0 aliphatic rings. The van der Waals surface area contributed by atoms with Crippen molar-refractivity contribution < 1.29 is 22.9 Å². The Bertz CT molecular complexity index is 781. The van der Waals surface area contributed by atoms with Crippen molar-refractivity contribution in [3.05, 3.63) is 24.3 Å². The number of unbranched alkanes of at least 4 members (excludes halogenated alkanes) is 22. The van der Waals surface area contributed by atoms with E-state index in [4.69, 9.17) is 0 Å². The van der Waals surface area contributed by atoms with Crippen molar-refractivity contribution in [2.24, 2.45) is 0 Å². The molecule has 0 saturated carbocycles. The molecule has 0 spiro atoms. The Morgan fingerprint density at radius 3 is 1.42 bits per heavy atom. The highest BCUT2D eigenvalue weighted by Gasteiger charge is 2.24. The van der Waals surface area contributed by atoms with Crippen LogP contribution in [0.3, 0.4) is 0 Å². The van der Waals surface area contributed by atoms with Crippen LogP contribution >= 0.6 is 0 Å². The summed E-state index contributed by atoms with van der Waals surface area (Å²) >= 11 is 0. The molecule has 2 atom stereocenters. The Morgan fingerprint density at radius 2 is 0.977 bits per heavy atom. The molecular weight excluding hydrogens is 558 g/mol. The summed E-state index contributed by atoms with van der Waals surface area (Å²) in [6.45, 7) is 4.48. The van der Waals surface area contributed by atoms with Gasteiger partial charge in [0.05, 0.1) is 17.9 Å². The largest absolute Gasteiger partial charge is 0.387 e. The minimum Gasteiger partial charge on any atom is -0.387 e. The zero-order valence-corrected chi connectivity index (χ0v) is 28.9. The molecule has 254 valence electrons. The summed E-state index contributed by atoms with van der Waals surface area (Å²) in [5, 5.41) is 13.2. The van der Waals surface area contributed by atoms with Crippen LogP contribution in [0, 0.1) is 0 Å². The summed E-state index contributed by atoms with van der Waals surface area (Å²) in [5.74, 6) is -0.988.